The summed E-state index contributed by atoms with van der Waals surface area (Å²) in [6.07, 6.45) is 4.46. The molecule has 2 aromatic heterocycles. The third kappa shape index (κ3) is 4.38. The highest BCUT2D eigenvalue weighted by atomic mass is 19.1. The zero-order valence-corrected chi connectivity index (χ0v) is 21.6. The molecule has 0 aliphatic carbocycles. The maximum atomic E-state index is 14.2. The van der Waals surface area contributed by atoms with E-state index in [1.165, 1.54) is 0 Å². The molecule has 1 N–H and O–H groups in total. The van der Waals surface area contributed by atoms with Crippen LogP contribution in [0.3, 0.4) is 0 Å². The van der Waals surface area contributed by atoms with E-state index in [0.29, 0.717) is 37.3 Å². The van der Waals surface area contributed by atoms with Gasteiger partial charge in [-0.3, -0.25) is 14.6 Å². The molecule has 0 aromatic carbocycles. The van der Waals surface area contributed by atoms with Crippen molar-refractivity contribution < 1.29 is 18.7 Å². The Hall–Kier alpha value is -3.02. The largest absolute Gasteiger partial charge is 0.461 e. The van der Waals surface area contributed by atoms with Crippen molar-refractivity contribution in [2.24, 2.45) is 0 Å². The summed E-state index contributed by atoms with van der Waals surface area (Å²) in [6, 6.07) is 0.0531. The molecule has 2 unspecified atom stereocenters. The summed E-state index contributed by atoms with van der Waals surface area (Å²) < 4.78 is 26.0. The summed E-state index contributed by atoms with van der Waals surface area (Å²) in [7, 11) is 0. The molecular formula is C25H34FN7O4. The van der Waals surface area contributed by atoms with Crippen molar-refractivity contribution in [2.45, 2.75) is 82.3 Å². The van der Waals surface area contributed by atoms with Gasteiger partial charge in [-0.15, -0.1) is 0 Å². The van der Waals surface area contributed by atoms with Crippen LogP contribution in [0.15, 0.2) is 11.0 Å². The maximum absolute atomic E-state index is 14.2. The van der Waals surface area contributed by atoms with E-state index in [2.05, 4.69) is 25.0 Å². The molecule has 0 spiro atoms. The number of fused-ring (bicyclic) bond motifs is 4. The summed E-state index contributed by atoms with van der Waals surface area (Å²) in [5, 5.41) is 6.96. The minimum absolute atomic E-state index is 0.0242. The van der Waals surface area contributed by atoms with Gasteiger partial charge in [-0.05, 0) is 53.0 Å². The monoisotopic (exact) mass is 515 g/mol. The van der Waals surface area contributed by atoms with Crippen LogP contribution in [-0.4, -0.2) is 98.2 Å². The number of nitrogens with zero attached hydrogens (tertiary/aromatic N) is 6. The molecule has 12 heteroatoms. The highest BCUT2D eigenvalue weighted by Crippen LogP contribution is 2.41. The van der Waals surface area contributed by atoms with Crippen molar-refractivity contribution in [1.82, 2.24) is 30.0 Å². The van der Waals surface area contributed by atoms with Gasteiger partial charge in [-0.2, -0.15) is 15.1 Å². The van der Waals surface area contributed by atoms with Crippen LogP contribution in [0.25, 0.3) is 10.9 Å². The van der Waals surface area contributed by atoms with Crippen molar-refractivity contribution in [3.05, 3.63) is 16.6 Å². The third-order valence-electron chi connectivity index (χ3n) is 8.10. The highest BCUT2D eigenvalue weighted by molar-refractivity contribution is 5.88. The van der Waals surface area contributed by atoms with Crippen molar-refractivity contribution in [1.29, 1.82) is 0 Å². The first-order valence-electron chi connectivity index (χ1n) is 13.2. The van der Waals surface area contributed by atoms with Gasteiger partial charge in [0, 0.05) is 26.1 Å². The maximum Gasteiger partial charge on any atom is 0.410 e. The van der Waals surface area contributed by atoms with Crippen LogP contribution in [0.5, 0.6) is 6.01 Å². The number of H-pyrrole nitrogens is 1. The van der Waals surface area contributed by atoms with E-state index >= 15 is 0 Å². The summed E-state index contributed by atoms with van der Waals surface area (Å²) in [6.45, 7) is 8.28. The second-order valence-electron chi connectivity index (χ2n) is 11.8. The zero-order valence-electron chi connectivity index (χ0n) is 21.6. The number of aromatic amines is 1. The molecule has 4 atom stereocenters. The first-order valence-corrected chi connectivity index (χ1v) is 13.2. The Morgan fingerprint density at radius 2 is 1.97 bits per heavy atom. The number of ether oxygens (including phenoxy) is 2. The van der Waals surface area contributed by atoms with Crippen LogP contribution < -0.4 is 15.2 Å². The zero-order chi connectivity index (χ0) is 25.9. The van der Waals surface area contributed by atoms with Gasteiger partial charge < -0.3 is 14.4 Å². The number of carbonyl (C=O) groups excluding carboxylic acids is 1. The lowest BCUT2D eigenvalue weighted by atomic mass is 9.95. The lowest BCUT2D eigenvalue weighted by molar-refractivity contribution is 0.0122. The van der Waals surface area contributed by atoms with Crippen LogP contribution in [0.4, 0.5) is 15.0 Å². The molecule has 6 heterocycles. The van der Waals surface area contributed by atoms with E-state index in [4.69, 9.17) is 14.5 Å². The molecule has 4 saturated heterocycles. The fourth-order valence-corrected chi connectivity index (χ4v) is 6.58. The summed E-state index contributed by atoms with van der Waals surface area (Å²) >= 11 is 0. The number of carbonyl (C=O) groups is 1. The number of rotatable bonds is 4. The Kier molecular flexibility index (Phi) is 5.77. The Bertz CT molecular complexity index is 1250. The first kappa shape index (κ1) is 24.3. The lowest BCUT2D eigenvalue weighted by Crippen LogP contribution is -2.57. The fourth-order valence-electron chi connectivity index (χ4n) is 6.58. The predicted octanol–water partition coefficient (Wildman–Crippen LogP) is 2.26. The minimum Gasteiger partial charge on any atom is -0.461 e. The molecule has 2 aromatic rings. The molecule has 1 amide bonds. The second kappa shape index (κ2) is 8.78. The van der Waals surface area contributed by atoms with E-state index in [-0.39, 0.29) is 41.8 Å². The van der Waals surface area contributed by atoms with E-state index < -0.39 is 17.3 Å². The van der Waals surface area contributed by atoms with Crippen molar-refractivity contribution in [3.8, 4) is 6.01 Å². The van der Waals surface area contributed by atoms with Gasteiger partial charge in [0.05, 0.1) is 29.2 Å². The van der Waals surface area contributed by atoms with Crippen LogP contribution >= 0.6 is 0 Å². The number of anilines is 1. The topological polar surface area (TPSA) is 117 Å². The van der Waals surface area contributed by atoms with Crippen LogP contribution in [0, 0.1) is 0 Å². The first-order chi connectivity index (χ1) is 17.6. The number of hydrogen-bond acceptors (Lipinski definition) is 9. The molecular weight excluding hydrogens is 481 g/mol. The average molecular weight is 516 g/mol. The van der Waals surface area contributed by atoms with Crippen molar-refractivity contribution in [2.75, 3.05) is 37.7 Å². The summed E-state index contributed by atoms with van der Waals surface area (Å²) in [5.41, 5.74) is -1.13. The average Bonchev–Trinajstić information content (AvgIpc) is 3.44. The van der Waals surface area contributed by atoms with Crippen LogP contribution in [0.2, 0.25) is 0 Å². The van der Waals surface area contributed by atoms with Gasteiger partial charge in [-0.1, -0.05) is 0 Å². The number of halogens is 1. The molecule has 4 aliphatic heterocycles. The Labute approximate surface area is 214 Å². The number of amides is 1. The van der Waals surface area contributed by atoms with Crippen LogP contribution in [0.1, 0.15) is 52.9 Å². The lowest BCUT2D eigenvalue weighted by Gasteiger charge is -2.42. The molecule has 2 bridgehead atoms. The number of nitrogens with one attached hydrogen (secondary N) is 1. The molecule has 0 saturated carbocycles. The van der Waals surface area contributed by atoms with Gasteiger partial charge in [-0.25, -0.2) is 14.3 Å². The Morgan fingerprint density at radius 1 is 1.22 bits per heavy atom. The molecule has 4 aliphatic rings. The number of hydrogen-bond donors (Lipinski definition) is 1. The van der Waals surface area contributed by atoms with Crippen molar-refractivity contribution >= 4 is 22.8 Å². The van der Waals surface area contributed by atoms with E-state index in [1.807, 2.05) is 25.7 Å². The summed E-state index contributed by atoms with van der Waals surface area (Å²) in [5.74, 6) is 0.565. The number of alkyl halides is 1. The van der Waals surface area contributed by atoms with Gasteiger partial charge >= 0.3 is 12.1 Å². The van der Waals surface area contributed by atoms with Crippen LogP contribution in [-0.2, 0) is 4.74 Å². The standard InChI is InChI=1S/C25H34FN7O4/c1-24(2,3)37-23(35)33-16-5-6-17(33)13-31(12-16)20-18-10-27-30-21(34)19(18)28-22(29-20)36-14-25-7-4-8-32(25)11-15(26)9-25/h10,15-17H,4-9,11-14H2,1-3H3,(H,30,34)/t15-,16?,17?,25+/m1/s1. The fraction of sp³-hybridized carbons (Fsp3) is 0.720. The Balaban J connectivity index is 1.28. The van der Waals surface area contributed by atoms with Crippen molar-refractivity contribution in [3.63, 3.8) is 0 Å². The molecule has 11 nitrogen and oxygen atoms in total. The third-order valence-corrected chi connectivity index (χ3v) is 8.10. The van der Waals surface area contributed by atoms with Gasteiger partial charge in [0.25, 0.3) is 5.56 Å². The SMILES string of the molecule is CC(C)(C)OC(=O)N1C2CCC1CN(c1nc(OC[C@@]34CCCN3C[C@H](F)C4)nc3c(=O)[nH]ncc13)C2. The molecule has 200 valence electrons. The molecule has 6 rings (SSSR count). The van der Waals surface area contributed by atoms with E-state index in [0.717, 1.165) is 32.2 Å². The molecule has 4 fully saturated rings. The Morgan fingerprint density at radius 3 is 2.70 bits per heavy atom. The van der Waals surface area contributed by atoms with E-state index in [1.54, 1.807) is 6.20 Å². The quantitative estimate of drug-likeness (QED) is 0.654. The predicted molar refractivity (Wildman–Crippen MR) is 134 cm³/mol. The highest BCUT2D eigenvalue weighted by Gasteiger charge is 2.49. The second-order valence-corrected chi connectivity index (χ2v) is 11.8. The summed E-state index contributed by atoms with van der Waals surface area (Å²) in [4.78, 5) is 40.8. The minimum atomic E-state index is -0.859. The van der Waals surface area contributed by atoms with Gasteiger partial charge in [0.2, 0.25) is 0 Å². The normalized spacial score (nSPS) is 29.7. The van der Waals surface area contributed by atoms with Gasteiger partial charge in [0.1, 0.15) is 29.7 Å². The van der Waals surface area contributed by atoms with Gasteiger partial charge in [0.15, 0.2) is 0 Å². The molecule has 0 radical (unpaired) electrons. The number of aromatic nitrogens is 4. The molecule has 37 heavy (non-hydrogen) atoms. The smallest absolute Gasteiger partial charge is 0.410 e. The number of piperazine rings is 1. The van der Waals surface area contributed by atoms with E-state index in [9.17, 15) is 14.0 Å².